The largest absolute Gasteiger partial charge is 0.404 e. The number of hydrogen-bond acceptors (Lipinski definition) is 7. The number of anilines is 2. The summed E-state index contributed by atoms with van der Waals surface area (Å²) in [6.07, 6.45) is 16.8. The van der Waals surface area contributed by atoms with Crippen molar-refractivity contribution in [3.05, 3.63) is 65.5 Å². The van der Waals surface area contributed by atoms with Crippen molar-refractivity contribution in [2.75, 3.05) is 23.7 Å². The molecule has 1 aliphatic carbocycles. The Bertz CT molecular complexity index is 1460. The van der Waals surface area contributed by atoms with Crippen LogP contribution in [-0.4, -0.2) is 56.3 Å². The van der Waals surface area contributed by atoms with Gasteiger partial charge in [-0.2, -0.15) is 5.10 Å². The lowest BCUT2D eigenvalue weighted by Crippen LogP contribution is -2.42. The number of hydrogen-bond donors (Lipinski definition) is 3. The van der Waals surface area contributed by atoms with Crippen molar-refractivity contribution < 1.29 is 9.59 Å². The van der Waals surface area contributed by atoms with Gasteiger partial charge >= 0.3 is 0 Å². The van der Waals surface area contributed by atoms with Gasteiger partial charge < -0.3 is 16.4 Å². The highest BCUT2D eigenvalue weighted by Crippen LogP contribution is 2.33. The van der Waals surface area contributed by atoms with Gasteiger partial charge in [-0.1, -0.05) is 18.9 Å². The summed E-state index contributed by atoms with van der Waals surface area (Å²) in [5, 5.41) is 10.2. The molecule has 1 saturated carbocycles. The molecule has 2 unspecified atom stereocenters. The van der Waals surface area contributed by atoms with E-state index >= 15 is 0 Å². The molecule has 0 spiro atoms. The molecule has 2 amide bonds. The van der Waals surface area contributed by atoms with Gasteiger partial charge in [0.2, 0.25) is 5.91 Å². The second-order valence-electron chi connectivity index (χ2n) is 11.8. The van der Waals surface area contributed by atoms with Gasteiger partial charge in [0.15, 0.2) is 0 Å². The molecule has 222 valence electrons. The van der Waals surface area contributed by atoms with Gasteiger partial charge in [-0.15, -0.1) is 0 Å². The molecule has 4 N–H and O–H groups in total. The second-order valence-corrected chi connectivity index (χ2v) is 11.8. The molecule has 3 aliphatic rings. The van der Waals surface area contributed by atoms with Gasteiger partial charge in [-0.3, -0.25) is 29.1 Å². The smallest absolute Gasteiger partial charge is 0.259 e. The molecule has 2 aromatic heterocycles. The average Bonchev–Trinajstić information content (AvgIpc) is 3.70. The van der Waals surface area contributed by atoms with E-state index in [1.165, 1.54) is 25.5 Å². The minimum atomic E-state index is -0.405. The Balaban J connectivity index is 1.27. The molecule has 5 rings (SSSR count). The molecule has 2 fully saturated rings. The number of nitrogens with two attached hydrogens (primary N) is 1. The maximum atomic E-state index is 13.5. The lowest BCUT2D eigenvalue weighted by atomic mass is 9.90. The standard InChI is InChI=1S/C32H42N8O2/c1-20-11-30(35-17-28(21(20)2)24-15-36-39(4)19-24)27(14-33)32(42)38-29-12-25(16-34-22(29)3)37-31(41)13-26-7-5-6-10-40(26)18-23-8-9-23/h11-12,14-17,19,21,23,26H,5-10,13,18,33H2,1-4H3,(H,37,41)(H,38,42)/b27-14+. The summed E-state index contributed by atoms with van der Waals surface area (Å²) in [6.45, 7) is 8.11. The predicted molar refractivity (Wildman–Crippen MR) is 167 cm³/mol. The van der Waals surface area contributed by atoms with Crippen molar-refractivity contribution in [2.24, 2.45) is 29.6 Å². The highest BCUT2D eigenvalue weighted by molar-refractivity contribution is 6.29. The van der Waals surface area contributed by atoms with Crippen LogP contribution in [0.15, 0.2) is 59.3 Å². The summed E-state index contributed by atoms with van der Waals surface area (Å²) in [5.41, 5.74) is 11.4. The van der Waals surface area contributed by atoms with Gasteiger partial charge in [0.05, 0.1) is 40.7 Å². The first-order valence-electron chi connectivity index (χ1n) is 14.9. The Kier molecular flexibility index (Phi) is 9.01. The third-order valence-electron chi connectivity index (χ3n) is 8.56. The minimum absolute atomic E-state index is 0.0353. The number of aryl methyl sites for hydroxylation is 2. The average molecular weight is 571 g/mol. The van der Waals surface area contributed by atoms with Gasteiger partial charge in [0.1, 0.15) is 0 Å². The Hall–Kier alpha value is -4.05. The van der Waals surface area contributed by atoms with Crippen molar-refractivity contribution in [3.8, 4) is 0 Å². The summed E-state index contributed by atoms with van der Waals surface area (Å²) in [6, 6.07) is 2.02. The van der Waals surface area contributed by atoms with Gasteiger partial charge in [0, 0.05) is 56.1 Å². The van der Waals surface area contributed by atoms with Crippen LogP contribution < -0.4 is 16.4 Å². The van der Waals surface area contributed by atoms with Crippen LogP contribution in [0.1, 0.15) is 63.6 Å². The van der Waals surface area contributed by atoms with Crippen molar-refractivity contribution >= 4 is 34.5 Å². The zero-order chi connectivity index (χ0) is 29.8. The molecule has 1 saturated heterocycles. The molecule has 10 nitrogen and oxygen atoms in total. The zero-order valence-electron chi connectivity index (χ0n) is 25.1. The number of nitrogens with zero attached hydrogens (tertiary/aromatic N) is 5. The molecule has 0 radical (unpaired) electrons. The van der Waals surface area contributed by atoms with Crippen LogP contribution in [0.4, 0.5) is 11.4 Å². The van der Waals surface area contributed by atoms with Crippen LogP contribution >= 0.6 is 0 Å². The summed E-state index contributed by atoms with van der Waals surface area (Å²) >= 11 is 0. The van der Waals surface area contributed by atoms with Crippen LogP contribution in [-0.2, 0) is 16.6 Å². The first kappa shape index (κ1) is 29.4. The fourth-order valence-corrected chi connectivity index (χ4v) is 5.70. The van der Waals surface area contributed by atoms with Crippen LogP contribution in [0.25, 0.3) is 5.57 Å². The van der Waals surface area contributed by atoms with Crippen LogP contribution in [0.2, 0.25) is 0 Å². The number of allylic oxidation sites excluding steroid dienone is 3. The van der Waals surface area contributed by atoms with E-state index in [0.717, 1.165) is 48.6 Å². The zero-order valence-corrected chi connectivity index (χ0v) is 25.1. The first-order chi connectivity index (χ1) is 20.2. The lowest BCUT2D eigenvalue weighted by Gasteiger charge is -2.35. The van der Waals surface area contributed by atoms with Gasteiger partial charge in [-0.05, 0) is 69.7 Å². The van der Waals surface area contributed by atoms with E-state index in [1.54, 1.807) is 23.1 Å². The number of carbonyl (C=O) groups excluding carboxylic acids is 2. The van der Waals surface area contributed by atoms with E-state index in [1.807, 2.05) is 39.4 Å². The van der Waals surface area contributed by atoms with Gasteiger partial charge in [0.25, 0.3) is 5.91 Å². The lowest BCUT2D eigenvalue weighted by molar-refractivity contribution is -0.117. The molecule has 42 heavy (non-hydrogen) atoms. The molecule has 4 heterocycles. The number of aromatic nitrogens is 3. The SMILES string of the molecule is CC1=CC(/C(=C\N)C(=O)Nc2cc(NC(=O)CC3CCCCN3CC3CC3)cnc2C)=NC=C(c2cnn(C)c2)C1C. The second kappa shape index (κ2) is 12.9. The molecule has 0 aromatic carbocycles. The molecular formula is C32H42N8O2. The van der Waals surface area contributed by atoms with Crippen LogP contribution in [0, 0.1) is 18.8 Å². The topological polar surface area (TPSA) is 131 Å². The Morgan fingerprint density at radius 2 is 1.95 bits per heavy atom. The van der Waals surface area contributed by atoms with Crippen LogP contribution in [0.3, 0.4) is 0 Å². The van der Waals surface area contributed by atoms with E-state index < -0.39 is 5.91 Å². The predicted octanol–water partition coefficient (Wildman–Crippen LogP) is 4.58. The molecule has 2 aromatic rings. The highest BCUT2D eigenvalue weighted by Gasteiger charge is 2.31. The van der Waals surface area contributed by atoms with Gasteiger partial charge in [-0.25, -0.2) is 0 Å². The van der Waals surface area contributed by atoms with E-state index in [-0.39, 0.29) is 23.4 Å². The number of nitrogens with one attached hydrogen (secondary N) is 2. The Labute approximate surface area is 247 Å². The first-order valence-corrected chi connectivity index (χ1v) is 14.9. The third-order valence-corrected chi connectivity index (χ3v) is 8.56. The normalized spacial score (nSPS) is 21.6. The monoisotopic (exact) mass is 570 g/mol. The number of rotatable bonds is 9. The number of amides is 2. The number of likely N-dealkylation sites (tertiary alicyclic amines) is 1. The highest BCUT2D eigenvalue weighted by atomic mass is 16.2. The Morgan fingerprint density at radius 1 is 1.14 bits per heavy atom. The maximum Gasteiger partial charge on any atom is 0.259 e. The molecule has 2 atom stereocenters. The number of piperidine rings is 1. The third kappa shape index (κ3) is 7.05. The van der Waals surface area contributed by atoms with Crippen molar-refractivity contribution in [1.82, 2.24) is 19.7 Å². The summed E-state index contributed by atoms with van der Waals surface area (Å²) in [7, 11) is 1.87. The van der Waals surface area contributed by atoms with Crippen LogP contribution in [0.5, 0.6) is 0 Å². The van der Waals surface area contributed by atoms with Crippen molar-refractivity contribution in [1.29, 1.82) is 0 Å². The maximum absolute atomic E-state index is 13.5. The fourth-order valence-electron chi connectivity index (χ4n) is 5.70. The summed E-state index contributed by atoms with van der Waals surface area (Å²) in [4.78, 5) is 38.0. The van der Waals surface area contributed by atoms with E-state index in [4.69, 9.17) is 5.73 Å². The van der Waals surface area contributed by atoms with Crippen molar-refractivity contribution in [3.63, 3.8) is 0 Å². The number of pyridine rings is 1. The summed E-state index contributed by atoms with van der Waals surface area (Å²) in [5.74, 6) is 0.447. The number of carbonyl (C=O) groups is 2. The molecule has 0 bridgehead atoms. The Morgan fingerprint density at radius 3 is 2.67 bits per heavy atom. The van der Waals surface area contributed by atoms with Crippen molar-refractivity contribution in [2.45, 2.75) is 65.3 Å². The van der Waals surface area contributed by atoms with E-state index in [0.29, 0.717) is 29.2 Å². The van der Waals surface area contributed by atoms with E-state index in [2.05, 4.69) is 37.5 Å². The molecule has 2 aliphatic heterocycles. The summed E-state index contributed by atoms with van der Waals surface area (Å²) < 4.78 is 1.75. The van der Waals surface area contributed by atoms with E-state index in [9.17, 15) is 9.59 Å². The molecule has 10 heteroatoms. The fraction of sp³-hybridized carbons (Fsp3) is 0.469. The minimum Gasteiger partial charge on any atom is -0.404 e. The quantitative estimate of drug-likeness (QED) is 0.379. The molecular weight excluding hydrogens is 528 g/mol. The number of aliphatic imine (C=N–C) groups is 1.